The third-order valence-corrected chi connectivity index (χ3v) is 2.66. The number of carbonyl (C=O) groups is 1. The molecule has 0 bridgehead atoms. The van der Waals surface area contributed by atoms with Gasteiger partial charge in [0.1, 0.15) is 5.82 Å². The van der Waals surface area contributed by atoms with Gasteiger partial charge in [-0.05, 0) is 24.3 Å². The number of para-hydroxylation sites is 2. The number of pyridine rings is 1. The Morgan fingerprint density at radius 3 is 2.89 bits per heavy atom. The molecule has 0 aliphatic heterocycles. The molecule has 0 unspecified atom stereocenters. The van der Waals surface area contributed by atoms with Crippen LogP contribution in [0.4, 0.5) is 11.8 Å². The Balaban J connectivity index is 1.86. The summed E-state index contributed by atoms with van der Waals surface area (Å²) in [5.41, 5.74) is 7.64. The van der Waals surface area contributed by atoms with Gasteiger partial charge in [0, 0.05) is 11.8 Å². The van der Waals surface area contributed by atoms with Crippen LogP contribution in [-0.4, -0.2) is 20.9 Å². The fraction of sp³-hybridized carbons (Fsp3) is 0. The highest BCUT2D eigenvalue weighted by atomic mass is 16.1. The molecule has 0 fully saturated rings. The van der Waals surface area contributed by atoms with Crippen molar-refractivity contribution >= 4 is 28.7 Å². The van der Waals surface area contributed by atoms with E-state index < -0.39 is 0 Å². The van der Waals surface area contributed by atoms with Crippen LogP contribution in [0.15, 0.2) is 42.6 Å². The third kappa shape index (κ3) is 2.23. The molecule has 3 aromatic rings. The number of nitrogen functional groups attached to an aromatic ring is 1. The number of hydrogen-bond acceptors (Lipinski definition) is 4. The zero-order valence-electron chi connectivity index (χ0n) is 9.92. The number of nitrogens with two attached hydrogens (primary N) is 1. The van der Waals surface area contributed by atoms with Gasteiger partial charge in [-0.15, -0.1) is 0 Å². The Morgan fingerprint density at radius 1 is 1.26 bits per heavy atom. The van der Waals surface area contributed by atoms with Gasteiger partial charge in [-0.2, -0.15) is 0 Å². The Bertz CT molecular complexity index is 716. The molecule has 6 nitrogen and oxygen atoms in total. The number of fused-ring (bicyclic) bond motifs is 1. The number of rotatable bonds is 2. The summed E-state index contributed by atoms with van der Waals surface area (Å²) < 4.78 is 0. The van der Waals surface area contributed by atoms with Crippen molar-refractivity contribution in [1.82, 2.24) is 15.0 Å². The van der Waals surface area contributed by atoms with E-state index in [9.17, 15) is 4.79 Å². The SMILES string of the molecule is Nc1cc(C(=O)Nc2nc3ccccc3[nH]2)ccn1. The van der Waals surface area contributed by atoms with E-state index in [1.807, 2.05) is 24.3 Å². The molecular weight excluding hydrogens is 242 g/mol. The van der Waals surface area contributed by atoms with Crippen LogP contribution in [0.3, 0.4) is 0 Å². The van der Waals surface area contributed by atoms with E-state index in [0.717, 1.165) is 11.0 Å². The topological polar surface area (TPSA) is 96.7 Å². The number of imidazole rings is 1. The number of aromatic amines is 1. The fourth-order valence-corrected chi connectivity index (χ4v) is 1.78. The summed E-state index contributed by atoms with van der Waals surface area (Å²) in [6.45, 7) is 0. The minimum Gasteiger partial charge on any atom is -0.384 e. The third-order valence-electron chi connectivity index (χ3n) is 2.66. The number of hydrogen-bond donors (Lipinski definition) is 3. The first kappa shape index (κ1) is 11.2. The van der Waals surface area contributed by atoms with E-state index in [1.54, 1.807) is 6.07 Å². The van der Waals surface area contributed by atoms with Crippen LogP contribution in [0, 0.1) is 0 Å². The van der Waals surface area contributed by atoms with Gasteiger partial charge in [0.05, 0.1) is 11.0 Å². The van der Waals surface area contributed by atoms with Crippen LogP contribution < -0.4 is 11.1 Å². The van der Waals surface area contributed by atoms with E-state index in [2.05, 4.69) is 20.3 Å². The first-order valence-corrected chi connectivity index (χ1v) is 5.70. The van der Waals surface area contributed by atoms with Crippen LogP contribution >= 0.6 is 0 Å². The number of anilines is 2. The van der Waals surface area contributed by atoms with Crippen molar-refractivity contribution in [3.63, 3.8) is 0 Å². The molecule has 0 aliphatic carbocycles. The maximum absolute atomic E-state index is 12.0. The Labute approximate surface area is 108 Å². The van der Waals surface area contributed by atoms with Crippen LogP contribution in [0.5, 0.6) is 0 Å². The van der Waals surface area contributed by atoms with Gasteiger partial charge in [0.15, 0.2) is 0 Å². The van der Waals surface area contributed by atoms with Crippen molar-refractivity contribution in [2.24, 2.45) is 0 Å². The van der Waals surface area contributed by atoms with Crippen molar-refractivity contribution < 1.29 is 4.79 Å². The number of nitrogens with one attached hydrogen (secondary N) is 2. The van der Waals surface area contributed by atoms with E-state index in [-0.39, 0.29) is 5.91 Å². The number of amides is 1. The lowest BCUT2D eigenvalue weighted by Crippen LogP contribution is -2.13. The van der Waals surface area contributed by atoms with Gasteiger partial charge < -0.3 is 10.7 Å². The second-order valence-electron chi connectivity index (χ2n) is 4.03. The van der Waals surface area contributed by atoms with Crippen LogP contribution in [-0.2, 0) is 0 Å². The summed E-state index contributed by atoms with van der Waals surface area (Å²) in [7, 11) is 0. The Hall–Kier alpha value is -2.89. The lowest BCUT2D eigenvalue weighted by atomic mass is 10.2. The molecule has 2 heterocycles. The predicted octanol–water partition coefficient (Wildman–Crippen LogP) is 1.79. The lowest BCUT2D eigenvalue weighted by molar-refractivity contribution is 0.102. The summed E-state index contributed by atoms with van der Waals surface area (Å²) in [6, 6.07) is 10.6. The largest absolute Gasteiger partial charge is 0.384 e. The molecule has 4 N–H and O–H groups in total. The van der Waals surface area contributed by atoms with Gasteiger partial charge in [-0.1, -0.05) is 12.1 Å². The first-order valence-electron chi connectivity index (χ1n) is 5.70. The molecule has 2 aromatic heterocycles. The maximum atomic E-state index is 12.0. The first-order chi connectivity index (χ1) is 9.22. The monoisotopic (exact) mass is 253 g/mol. The van der Waals surface area contributed by atoms with Gasteiger partial charge in [0.2, 0.25) is 5.95 Å². The predicted molar refractivity (Wildman–Crippen MR) is 72.7 cm³/mol. The molecular formula is C13H11N5O. The molecule has 0 spiro atoms. The number of H-pyrrole nitrogens is 1. The minimum absolute atomic E-state index is 0.284. The molecule has 0 saturated heterocycles. The normalized spacial score (nSPS) is 10.5. The highest BCUT2D eigenvalue weighted by molar-refractivity contribution is 6.04. The Morgan fingerprint density at radius 2 is 2.11 bits per heavy atom. The summed E-state index contributed by atoms with van der Waals surface area (Å²) in [4.78, 5) is 23.1. The van der Waals surface area contributed by atoms with Crippen molar-refractivity contribution in [1.29, 1.82) is 0 Å². The number of benzene rings is 1. The second-order valence-corrected chi connectivity index (χ2v) is 4.03. The molecule has 0 atom stereocenters. The lowest BCUT2D eigenvalue weighted by Gasteiger charge is -2.01. The summed E-state index contributed by atoms with van der Waals surface area (Å²) in [6.07, 6.45) is 1.49. The zero-order chi connectivity index (χ0) is 13.2. The summed E-state index contributed by atoms with van der Waals surface area (Å²) in [5.74, 6) is 0.423. The number of nitrogens with zero attached hydrogens (tertiary/aromatic N) is 2. The smallest absolute Gasteiger partial charge is 0.258 e. The average molecular weight is 253 g/mol. The van der Waals surface area contributed by atoms with E-state index in [1.165, 1.54) is 12.3 Å². The summed E-state index contributed by atoms with van der Waals surface area (Å²) >= 11 is 0. The molecule has 0 aliphatic rings. The second kappa shape index (κ2) is 4.41. The van der Waals surface area contributed by atoms with Crippen LogP contribution in [0.2, 0.25) is 0 Å². The van der Waals surface area contributed by atoms with E-state index in [4.69, 9.17) is 5.73 Å². The minimum atomic E-state index is -0.284. The molecule has 1 aromatic carbocycles. The van der Waals surface area contributed by atoms with E-state index in [0.29, 0.717) is 17.3 Å². The maximum Gasteiger partial charge on any atom is 0.258 e. The fourth-order valence-electron chi connectivity index (χ4n) is 1.78. The van der Waals surface area contributed by atoms with Crippen molar-refractivity contribution in [3.05, 3.63) is 48.2 Å². The molecule has 94 valence electrons. The molecule has 6 heteroatoms. The van der Waals surface area contributed by atoms with Gasteiger partial charge in [-0.25, -0.2) is 9.97 Å². The molecule has 0 radical (unpaired) electrons. The highest BCUT2D eigenvalue weighted by Crippen LogP contribution is 2.14. The van der Waals surface area contributed by atoms with Gasteiger partial charge >= 0.3 is 0 Å². The molecule has 3 rings (SSSR count). The number of aromatic nitrogens is 3. The van der Waals surface area contributed by atoms with Gasteiger partial charge in [0.25, 0.3) is 5.91 Å². The van der Waals surface area contributed by atoms with Crippen molar-refractivity contribution in [3.8, 4) is 0 Å². The molecule has 1 amide bonds. The standard InChI is InChI=1S/C13H11N5O/c14-11-7-8(5-6-15-11)12(19)18-13-16-9-3-1-2-4-10(9)17-13/h1-7H,(H2,14,15)(H2,16,17,18,19). The molecule has 0 saturated carbocycles. The zero-order valence-corrected chi connectivity index (χ0v) is 9.92. The van der Waals surface area contributed by atoms with Crippen molar-refractivity contribution in [2.75, 3.05) is 11.1 Å². The van der Waals surface area contributed by atoms with Crippen molar-refractivity contribution in [2.45, 2.75) is 0 Å². The highest BCUT2D eigenvalue weighted by Gasteiger charge is 2.09. The molecule has 19 heavy (non-hydrogen) atoms. The summed E-state index contributed by atoms with van der Waals surface area (Å²) in [5, 5.41) is 2.69. The van der Waals surface area contributed by atoms with Crippen LogP contribution in [0.25, 0.3) is 11.0 Å². The Kier molecular flexibility index (Phi) is 2.60. The van der Waals surface area contributed by atoms with E-state index >= 15 is 0 Å². The average Bonchev–Trinajstić information content (AvgIpc) is 2.80. The van der Waals surface area contributed by atoms with Gasteiger partial charge in [-0.3, -0.25) is 10.1 Å². The number of carbonyl (C=O) groups excluding carboxylic acids is 1. The quantitative estimate of drug-likeness (QED) is 0.648. The van der Waals surface area contributed by atoms with Crippen LogP contribution in [0.1, 0.15) is 10.4 Å².